The average molecular weight is 541 g/mol. The Morgan fingerprint density at radius 3 is 2.53 bits per heavy atom. The number of halogens is 1. The SMILES string of the molecule is CN(C)C(=O)CN=C(NCCN1CCOCC1)NCC1COC2(CCOCC2)O1.I. The first kappa shape index (κ1) is 25.5. The molecule has 0 aliphatic carbocycles. The molecule has 11 heteroatoms. The number of carbonyl (C=O) groups excluding carboxylic acids is 1. The molecule has 174 valence electrons. The molecule has 0 saturated carbocycles. The number of ether oxygens (including phenoxy) is 4. The van der Waals surface area contributed by atoms with Crippen molar-refractivity contribution in [2.24, 2.45) is 4.99 Å². The topological polar surface area (TPSA) is 96.9 Å². The van der Waals surface area contributed by atoms with Crippen LogP contribution in [0.5, 0.6) is 0 Å². The van der Waals surface area contributed by atoms with Crippen LogP contribution in [0, 0.1) is 0 Å². The number of nitrogens with one attached hydrogen (secondary N) is 2. The lowest BCUT2D eigenvalue weighted by molar-refractivity contribution is -0.210. The number of hydrogen-bond donors (Lipinski definition) is 2. The van der Waals surface area contributed by atoms with E-state index in [9.17, 15) is 4.79 Å². The van der Waals surface area contributed by atoms with Gasteiger partial charge in [0, 0.05) is 59.7 Å². The summed E-state index contributed by atoms with van der Waals surface area (Å²) >= 11 is 0. The van der Waals surface area contributed by atoms with E-state index in [2.05, 4.69) is 20.5 Å². The van der Waals surface area contributed by atoms with Crippen LogP contribution in [0.1, 0.15) is 12.8 Å². The third kappa shape index (κ3) is 8.08. The smallest absolute Gasteiger partial charge is 0.243 e. The lowest BCUT2D eigenvalue weighted by atomic mass is 10.1. The van der Waals surface area contributed by atoms with Crippen LogP contribution in [0.15, 0.2) is 4.99 Å². The van der Waals surface area contributed by atoms with Gasteiger partial charge in [0.15, 0.2) is 11.7 Å². The first-order valence-corrected chi connectivity index (χ1v) is 10.5. The number of hydrogen-bond acceptors (Lipinski definition) is 7. The van der Waals surface area contributed by atoms with Crippen molar-refractivity contribution in [2.45, 2.75) is 24.7 Å². The molecule has 1 amide bonds. The zero-order chi connectivity index (χ0) is 20.5. The van der Waals surface area contributed by atoms with Crippen LogP contribution in [0.3, 0.4) is 0 Å². The Hall–Kier alpha value is -0.730. The number of morpholine rings is 1. The average Bonchev–Trinajstić information content (AvgIpc) is 3.12. The largest absolute Gasteiger partial charge is 0.381 e. The quantitative estimate of drug-likeness (QED) is 0.253. The third-order valence-electron chi connectivity index (χ3n) is 5.36. The minimum atomic E-state index is -0.493. The number of likely N-dealkylation sites (N-methyl/N-ethyl adjacent to an activating group) is 1. The number of guanidine groups is 1. The van der Waals surface area contributed by atoms with E-state index < -0.39 is 5.79 Å². The molecule has 3 saturated heterocycles. The Bertz CT molecular complexity index is 553. The molecule has 1 spiro atoms. The monoisotopic (exact) mass is 541 g/mol. The molecule has 0 aromatic heterocycles. The zero-order valence-corrected chi connectivity index (χ0v) is 20.4. The van der Waals surface area contributed by atoms with Gasteiger partial charge < -0.3 is 34.5 Å². The Kier molecular flexibility index (Phi) is 11.0. The van der Waals surface area contributed by atoms with E-state index in [0.717, 1.165) is 52.2 Å². The highest BCUT2D eigenvalue weighted by atomic mass is 127. The fourth-order valence-electron chi connectivity index (χ4n) is 3.49. The molecule has 0 aromatic carbocycles. The van der Waals surface area contributed by atoms with Crippen molar-refractivity contribution < 1.29 is 23.7 Å². The van der Waals surface area contributed by atoms with Crippen molar-refractivity contribution in [3.8, 4) is 0 Å². The lowest BCUT2D eigenvalue weighted by Gasteiger charge is -2.31. The molecule has 0 bridgehead atoms. The highest BCUT2D eigenvalue weighted by Gasteiger charge is 2.42. The summed E-state index contributed by atoms with van der Waals surface area (Å²) in [4.78, 5) is 20.2. The summed E-state index contributed by atoms with van der Waals surface area (Å²) in [5, 5.41) is 6.63. The van der Waals surface area contributed by atoms with Crippen LogP contribution in [-0.2, 0) is 23.7 Å². The molecule has 0 radical (unpaired) electrons. The second-order valence-electron chi connectivity index (χ2n) is 7.79. The molecule has 1 unspecified atom stereocenters. The van der Waals surface area contributed by atoms with Crippen molar-refractivity contribution in [1.29, 1.82) is 0 Å². The van der Waals surface area contributed by atoms with Crippen LogP contribution < -0.4 is 10.6 Å². The van der Waals surface area contributed by atoms with Crippen molar-refractivity contribution in [3.63, 3.8) is 0 Å². The highest BCUT2D eigenvalue weighted by Crippen LogP contribution is 2.32. The molecule has 3 heterocycles. The normalized spacial score (nSPS) is 24.3. The van der Waals surface area contributed by atoms with Gasteiger partial charge in [-0.1, -0.05) is 0 Å². The van der Waals surface area contributed by atoms with Crippen molar-refractivity contribution >= 4 is 35.8 Å². The maximum absolute atomic E-state index is 11.9. The lowest BCUT2D eigenvalue weighted by Crippen LogP contribution is -2.47. The van der Waals surface area contributed by atoms with E-state index in [4.69, 9.17) is 18.9 Å². The molecule has 3 rings (SSSR count). The van der Waals surface area contributed by atoms with Crippen LogP contribution in [0.2, 0.25) is 0 Å². The highest BCUT2D eigenvalue weighted by molar-refractivity contribution is 14.0. The Balaban J connectivity index is 0.00000320. The van der Waals surface area contributed by atoms with E-state index >= 15 is 0 Å². The number of rotatable bonds is 7. The summed E-state index contributed by atoms with van der Waals surface area (Å²) < 4.78 is 22.9. The van der Waals surface area contributed by atoms with Gasteiger partial charge in [0.1, 0.15) is 12.6 Å². The summed E-state index contributed by atoms with van der Waals surface area (Å²) in [6.07, 6.45) is 1.47. The number of carbonyl (C=O) groups is 1. The predicted octanol–water partition coefficient (Wildman–Crippen LogP) is -0.518. The minimum absolute atomic E-state index is 0. The molecule has 0 aromatic rings. The molecule has 3 aliphatic heterocycles. The van der Waals surface area contributed by atoms with Gasteiger partial charge >= 0.3 is 0 Å². The number of aliphatic imine (C=N–C) groups is 1. The summed E-state index contributed by atoms with van der Waals surface area (Å²) in [5.74, 6) is 0.0814. The van der Waals surface area contributed by atoms with Gasteiger partial charge in [0.05, 0.1) is 33.0 Å². The molecule has 3 fully saturated rings. The van der Waals surface area contributed by atoms with E-state index in [1.165, 1.54) is 4.90 Å². The fourth-order valence-corrected chi connectivity index (χ4v) is 3.49. The standard InChI is InChI=1S/C19H35N5O5.HI/c1-23(2)17(25)14-22-18(20-5-6-24-7-11-27-12-8-24)21-13-16-15-28-19(29-16)3-9-26-10-4-19;/h16H,3-15H2,1-2H3,(H2,20,21,22);1H. The van der Waals surface area contributed by atoms with Gasteiger partial charge in [-0.05, 0) is 0 Å². The molecular formula is C19H36IN5O5. The van der Waals surface area contributed by atoms with Gasteiger partial charge in [-0.2, -0.15) is 0 Å². The maximum atomic E-state index is 11.9. The van der Waals surface area contributed by atoms with Crippen LogP contribution >= 0.6 is 24.0 Å². The molecule has 3 aliphatic rings. The third-order valence-corrected chi connectivity index (χ3v) is 5.36. The van der Waals surface area contributed by atoms with Crippen molar-refractivity contribution in [3.05, 3.63) is 0 Å². The van der Waals surface area contributed by atoms with Crippen molar-refractivity contribution in [1.82, 2.24) is 20.4 Å². The number of nitrogens with zero attached hydrogens (tertiary/aromatic N) is 3. The van der Waals surface area contributed by atoms with Gasteiger partial charge in [-0.3, -0.25) is 9.69 Å². The minimum Gasteiger partial charge on any atom is -0.381 e. The van der Waals surface area contributed by atoms with E-state index in [-0.39, 0.29) is 42.5 Å². The van der Waals surface area contributed by atoms with Gasteiger partial charge in [0.2, 0.25) is 5.91 Å². The molecule has 30 heavy (non-hydrogen) atoms. The van der Waals surface area contributed by atoms with Crippen LogP contribution in [0.4, 0.5) is 0 Å². The first-order valence-electron chi connectivity index (χ1n) is 10.5. The second-order valence-corrected chi connectivity index (χ2v) is 7.79. The Labute approximate surface area is 196 Å². The van der Waals surface area contributed by atoms with Crippen molar-refractivity contribution in [2.75, 3.05) is 86.4 Å². The molecule has 2 N–H and O–H groups in total. The van der Waals surface area contributed by atoms with Crippen LogP contribution in [-0.4, -0.2) is 120 Å². The molecule has 10 nitrogen and oxygen atoms in total. The zero-order valence-electron chi connectivity index (χ0n) is 18.1. The molecule has 1 atom stereocenters. The molecular weight excluding hydrogens is 505 g/mol. The van der Waals surface area contributed by atoms with Gasteiger partial charge in [-0.25, -0.2) is 4.99 Å². The Morgan fingerprint density at radius 1 is 1.13 bits per heavy atom. The summed E-state index contributed by atoms with van der Waals surface area (Å²) in [6, 6.07) is 0. The second kappa shape index (κ2) is 13.0. The van der Waals surface area contributed by atoms with Gasteiger partial charge in [0.25, 0.3) is 0 Å². The van der Waals surface area contributed by atoms with E-state index in [1.54, 1.807) is 14.1 Å². The summed E-state index contributed by atoms with van der Waals surface area (Å²) in [6.45, 7) is 7.65. The first-order chi connectivity index (χ1) is 14.1. The van der Waals surface area contributed by atoms with Gasteiger partial charge in [-0.15, -0.1) is 24.0 Å². The fraction of sp³-hybridized carbons (Fsp3) is 0.895. The van der Waals surface area contributed by atoms with E-state index in [1.807, 2.05) is 0 Å². The number of amides is 1. The summed E-state index contributed by atoms with van der Waals surface area (Å²) in [5.41, 5.74) is 0. The maximum Gasteiger partial charge on any atom is 0.243 e. The van der Waals surface area contributed by atoms with E-state index in [0.29, 0.717) is 32.3 Å². The summed E-state index contributed by atoms with van der Waals surface area (Å²) in [7, 11) is 3.46. The Morgan fingerprint density at radius 2 is 1.83 bits per heavy atom. The van der Waals surface area contributed by atoms with Crippen LogP contribution in [0.25, 0.3) is 0 Å². The predicted molar refractivity (Wildman–Crippen MR) is 123 cm³/mol.